The normalized spacial score (nSPS) is 51.8. The van der Waals surface area contributed by atoms with Gasteiger partial charge in [0.15, 0.2) is 0 Å². The fourth-order valence-electron chi connectivity index (χ4n) is 5.92. The summed E-state index contributed by atoms with van der Waals surface area (Å²) < 4.78 is 0.612. The SMILES string of the molecule is NC12CC3CC(C1)CC(SC1CCCCC1)(C3)C2. The molecule has 2 heteroatoms. The van der Waals surface area contributed by atoms with Crippen LogP contribution in [-0.4, -0.2) is 15.5 Å². The quantitative estimate of drug-likeness (QED) is 0.813. The fourth-order valence-corrected chi connectivity index (χ4v) is 8.23. The van der Waals surface area contributed by atoms with Gasteiger partial charge in [-0.15, -0.1) is 0 Å². The predicted molar refractivity (Wildman–Crippen MR) is 78.8 cm³/mol. The lowest BCUT2D eigenvalue weighted by Gasteiger charge is -2.61. The monoisotopic (exact) mass is 265 g/mol. The summed E-state index contributed by atoms with van der Waals surface area (Å²) >= 11 is 2.40. The number of hydrogen-bond donors (Lipinski definition) is 1. The standard InChI is InChI=1S/C16H27NS/c17-15-7-12-6-13(8-15)10-16(9-12,11-15)18-14-4-2-1-3-5-14/h12-14H,1-11,17H2. The summed E-state index contributed by atoms with van der Waals surface area (Å²) in [6.07, 6.45) is 16.0. The Kier molecular flexibility index (Phi) is 2.79. The Morgan fingerprint density at radius 1 is 0.889 bits per heavy atom. The van der Waals surface area contributed by atoms with Gasteiger partial charge in [0, 0.05) is 15.5 Å². The molecule has 2 atom stereocenters. The highest BCUT2D eigenvalue weighted by Gasteiger charge is 2.56. The van der Waals surface area contributed by atoms with Crippen LogP contribution in [0, 0.1) is 11.8 Å². The van der Waals surface area contributed by atoms with Gasteiger partial charge in [-0.05, 0) is 63.2 Å². The van der Waals surface area contributed by atoms with Crippen molar-refractivity contribution in [1.82, 2.24) is 0 Å². The number of hydrogen-bond acceptors (Lipinski definition) is 2. The minimum atomic E-state index is 0.242. The third kappa shape index (κ3) is 2.04. The van der Waals surface area contributed by atoms with Crippen LogP contribution >= 0.6 is 11.8 Å². The van der Waals surface area contributed by atoms with E-state index in [1.165, 1.54) is 70.6 Å². The Bertz CT molecular complexity index is 320. The molecule has 5 aliphatic rings. The van der Waals surface area contributed by atoms with Crippen LogP contribution in [0.3, 0.4) is 0 Å². The van der Waals surface area contributed by atoms with Gasteiger partial charge in [0.05, 0.1) is 0 Å². The predicted octanol–water partition coefficient (Wildman–Crippen LogP) is 4.10. The zero-order valence-electron chi connectivity index (χ0n) is 11.5. The minimum Gasteiger partial charge on any atom is -0.325 e. The molecular formula is C16H27NS. The van der Waals surface area contributed by atoms with Crippen LogP contribution in [0.15, 0.2) is 0 Å². The average Bonchev–Trinajstić information content (AvgIpc) is 2.25. The van der Waals surface area contributed by atoms with Gasteiger partial charge in [-0.2, -0.15) is 11.8 Å². The highest BCUT2D eigenvalue weighted by molar-refractivity contribution is 8.01. The molecule has 5 rings (SSSR count). The van der Waals surface area contributed by atoms with E-state index in [4.69, 9.17) is 5.73 Å². The lowest BCUT2D eigenvalue weighted by molar-refractivity contribution is 0.0174. The van der Waals surface area contributed by atoms with Gasteiger partial charge >= 0.3 is 0 Å². The molecule has 0 aromatic rings. The second-order valence-corrected chi connectivity index (χ2v) is 9.65. The van der Waals surface area contributed by atoms with E-state index < -0.39 is 0 Å². The van der Waals surface area contributed by atoms with Crippen LogP contribution in [0.2, 0.25) is 0 Å². The van der Waals surface area contributed by atoms with E-state index in [0.717, 1.165) is 17.1 Å². The Hall–Kier alpha value is 0.310. The first kappa shape index (κ1) is 12.1. The molecule has 5 aliphatic carbocycles. The number of rotatable bonds is 2. The molecular weight excluding hydrogens is 238 g/mol. The van der Waals surface area contributed by atoms with Crippen LogP contribution < -0.4 is 5.73 Å². The third-order valence-corrected chi connectivity index (χ3v) is 7.80. The van der Waals surface area contributed by atoms with Crippen LogP contribution in [0.4, 0.5) is 0 Å². The molecule has 4 bridgehead atoms. The van der Waals surface area contributed by atoms with Gasteiger partial charge in [0.1, 0.15) is 0 Å². The van der Waals surface area contributed by atoms with Crippen molar-refractivity contribution in [3.8, 4) is 0 Å². The van der Waals surface area contributed by atoms with E-state index in [2.05, 4.69) is 11.8 Å². The maximum atomic E-state index is 6.70. The van der Waals surface area contributed by atoms with Crippen molar-refractivity contribution in [2.75, 3.05) is 0 Å². The summed E-state index contributed by atoms with van der Waals surface area (Å²) in [7, 11) is 0. The van der Waals surface area contributed by atoms with Crippen LogP contribution in [-0.2, 0) is 0 Å². The first-order valence-corrected chi connectivity index (χ1v) is 9.00. The van der Waals surface area contributed by atoms with Crippen molar-refractivity contribution in [3.63, 3.8) is 0 Å². The van der Waals surface area contributed by atoms with Gasteiger partial charge in [0.25, 0.3) is 0 Å². The minimum absolute atomic E-state index is 0.242. The van der Waals surface area contributed by atoms with Crippen LogP contribution in [0.5, 0.6) is 0 Å². The highest BCUT2D eigenvalue weighted by Crippen LogP contribution is 2.62. The van der Waals surface area contributed by atoms with E-state index in [9.17, 15) is 0 Å². The molecule has 0 spiro atoms. The third-order valence-electron chi connectivity index (χ3n) is 6.02. The molecule has 0 aromatic carbocycles. The molecule has 0 amide bonds. The van der Waals surface area contributed by atoms with E-state index in [0.29, 0.717) is 4.75 Å². The molecule has 0 radical (unpaired) electrons. The van der Waals surface area contributed by atoms with Gasteiger partial charge < -0.3 is 5.73 Å². The zero-order chi connectivity index (χ0) is 12.2. The first-order chi connectivity index (χ1) is 8.65. The van der Waals surface area contributed by atoms with Gasteiger partial charge in [0.2, 0.25) is 0 Å². The Balaban J connectivity index is 1.52. The molecule has 102 valence electrons. The second-order valence-electron chi connectivity index (χ2n) is 7.88. The molecule has 0 aromatic heterocycles. The van der Waals surface area contributed by atoms with E-state index in [1.54, 1.807) is 0 Å². The number of nitrogens with two attached hydrogens (primary N) is 1. The molecule has 18 heavy (non-hydrogen) atoms. The Morgan fingerprint density at radius 2 is 1.56 bits per heavy atom. The molecule has 0 heterocycles. The lowest BCUT2D eigenvalue weighted by Crippen LogP contribution is -2.62. The summed E-state index contributed by atoms with van der Waals surface area (Å²) in [5, 5.41) is 0.971. The summed E-state index contributed by atoms with van der Waals surface area (Å²) in [5.74, 6) is 1.96. The largest absolute Gasteiger partial charge is 0.325 e. The van der Waals surface area contributed by atoms with Crippen molar-refractivity contribution in [1.29, 1.82) is 0 Å². The summed E-state index contributed by atoms with van der Waals surface area (Å²) in [6, 6.07) is 0. The van der Waals surface area contributed by atoms with Crippen molar-refractivity contribution in [2.24, 2.45) is 17.6 Å². The molecule has 2 unspecified atom stereocenters. The topological polar surface area (TPSA) is 26.0 Å². The summed E-state index contributed by atoms with van der Waals surface area (Å²) in [5.41, 5.74) is 6.94. The molecule has 5 saturated carbocycles. The molecule has 2 N–H and O–H groups in total. The number of thioether (sulfide) groups is 1. The van der Waals surface area contributed by atoms with Gasteiger partial charge in [-0.25, -0.2) is 0 Å². The van der Waals surface area contributed by atoms with E-state index in [1.807, 2.05) is 0 Å². The molecule has 5 fully saturated rings. The fraction of sp³-hybridized carbons (Fsp3) is 1.00. The first-order valence-electron chi connectivity index (χ1n) is 8.12. The lowest BCUT2D eigenvalue weighted by atomic mass is 9.53. The van der Waals surface area contributed by atoms with Crippen molar-refractivity contribution < 1.29 is 0 Å². The zero-order valence-corrected chi connectivity index (χ0v) is 12.3. The summed E-state index contributed by atoms with van der Waals surface area (Å²) in [6.45, 7) is 0. The Labute approximate surface area is 116 Å². The Morgan fingerprint density at radius 3 is 2.17 bits per heavy atom. The molecule has 1 nitrogen and oxygen atoms in total. The molecule has 0 saturated heterocycles. The summed E-state index contributed by atoms with van der Waals surface area (Å²) in [4.78, 5) is 0. The highest BCUT2D eigenvalue weighted by atomic mass is 32.2. The maximum absolute atomic E-state index is 6.70. The van der Waals surface area contributed by atoms with Gasteiger partial charge in [-0.3, -0.25) is 0 Å². The van der Waals surface area contributed by atoms with Crippen molar-refractivity contribution >= 4 is 11.8 Å². The maximum Gasteiger partial charge on any atom is 0.0185 e. The van der Waals surface area contributed by atoms with E-state index in [-0.39, 0.29) is 5.54 Å². The second kappa shape index (κ2) is 4.15. The van der Waals surface area contributed by atoms with Crippen LogP contribution in [0.25, 0.3) is 0 Å². The smallest absolute Gasteiger partial charge is 0.0185 e. The van der Waals surface area contributed by atoms with Crippen molar-refractivity contribution in [3.05, 3.63) is 0 Å². The van der Waals surface area contributed by atoms with E-state index >= 15 is 0 Å². The van der Waals surface area contributed by atoms with Crippen molar-refractivity contribution in [2.45, 2.75) is 86.2 Å². The molecule has 0 aliphatic heterocycles. The average molecular weight is 265 g/mol. The van der Waals surface area contributed by atoms with Gasteiger partial charge in [-0.1, -0.05) is 19.3 Å². The van der Waals surface area contributed by atoms with Crippen LogP contribution in [0.1, 0.15) is 70.6 Å².